The van der Waals surface area contributed by atoms with Crippen molar-refractivity contribution in [2.45, 2.75) is 32.7 Å². The molecule has 1 aromatic carbocycles. The largest absolute Gasteiger partial charge is 0.573 e. The summed E-state index contributed by atoms with van der Waals surface area (Å²) in [4.78, 5) is 2.31. The van der Waals surface area contributed by atoms with Gasteiger partial charge in [0.2, 0.25) is 0 Å². The number of halogens is 5. The van der Waals surface area contributed by atoms with Crippen LogP contribution < -0.4 is 14.8 Å². The molecular weight excluding hydrogens is 392 g/mol. The zero-order valence-corrected chi connectivity index (χ0v) is 16.8. The summed E-state index contributed by atoms with van der Waals surface area (Å²) in [5, 5.41) is 3.30. The number of nitrogens with zero attached hydrogens (tertiary/aromatic N) is 1. The minimum atomic E-state index is -4.70. The van der Waals surface area contributed by atoms with Gasteiger partial charge in [-0.1, -0.05) is 20.3 Å². The molecule has 1 unspecified atom stereocenters. The maximum absolute atomic E-state index is 12.6. The molecule has 1 heterocycles. The molecule has 0 radical (unpaired) electrons. The molecule has 152 valence electrons. The van der Waals surface area contributed by atoms with Crippen LogP contribution in [0.4, 0.5) is 13.2 Å². The van der Waals surface area contributed by atoms with Gasteiger partial charge >= 0.3 is 6.36 Å². The minimum Gasteiger partial charge on any atom is -0.496 e. The van der Waals surface area contributed by atoms with Crippen molar-refractivity contribution in [2.75, 3.05) is 33.3 Å². The van der Waals surface area contributed by atoms with Crippen molar-refractivity contribution in [1.29, 1.82) is 0 Å². The van der Waals surface area contributed by atoms with E-state index in [1.807, 2.05) is 0 Å². The van der Waals surface area contributed by atoms with Crippen LogP contribution in [0.15, 0.2) is 18.2 Å². The van der Waals surface area contributed by atoms with Crippen LogP contribution >= 0.6 is 24.8 Å². The molecule has 1 saturated heterocycles. The number of benzene rings is 1. The van der Waals surface area contributed by atoms with Crippen LogP contribution in [0, 0.1) is 5.92 Å². The van der Waals surface area contributed by atoms with Crippen molar-refractivity contribution in [1.82, 2.24) is 10.2 Å². The summed E-state index contributed by atoms with van der Waals surface area (Å²) in [6.07, 6.45) is -3.78. The second-order valence-corrected chi connectivity index (χ2v) is 6.07. The van der Waals surface area contributed by atoms with Crippen molar-refractivity contribution in [3.05, 3.63) is 23.8 Å². The van der Waals surface area contributed by atoms with Gasteiger partial charge in [0.05, 0.1) is 7.11 Å². The van der Waals surface area contributed by atoms with Gasteiger partial charge in [-0.15, -0.1) is 38.0 Å². The molecule has 4 nitrogen and oxygen atoms in total. The molecule has 26 heavy (non-hydrogen) atoms. The van der Waals surface area contributed by atoms with Crippen LogP contribution in [0.25, 0.3) is 0 Å². The summed E-state index contributed by atoms with van der Waals surface area (Å²) in [5.41, 5.74) is 0.746. The van der Waals surface area contributed by atoms with Crippen molar-refractivity contribution in [2.24, 2.45) is 5.92 Å². The Morgan fingerprint density at radius 1 is 1.19 bits per heavy atom. The Labute approximate surface area is 165 Å². The van der Waals surface area contributed by atoms with Gasteiger partial charge < -0.3 is 14.8 Å². The first-order valence-corrected chi connectivity index (χ1v) is 8.24. The predicted octanol–water partition coefficient (Wildman–Crippen LogP) is 4.43. The number of hydrogen-bond acceptors (Lipinski definition) is 4. The van der Waals surface area contributed by atoms with E-state index in [2.05, 4.69) is 28.8 Å². The summed E-state index contributed by atoms with van der Waals surface area (Å²) in [6, 6.07) is 4.30. The molecule has 2 atom stereocenters. The first-order chi connectivity index (χ1) is 11.4. The SMILES string of the molecule is CCC(C)[C@H](c1cc(OC(F)(F)F)ccc1OC)N1CCNCC1.Cl.Cl. The molecule has 1 aliphatic heterocycles. The summed E-state index contributed by atoms with van der Waals surface area (Å²) in [6.45, 7) is 7.64. The lowest BCUT2D eigenvalue weighted by molar-refractivity contribution is -0.274. The molecule has 0 amide bonds. The van der Waals surface area contributed by atoms with E-state index in [1.165, 1.54) is 19.2 Å². The molecule has 1 aromatic rings. The van der Waals surface area contributed by atoms with Crippen LogP contribution in [0.2, 0.25) is 0 Å². The van der Waals surface area contributed by atoms with E-state index in [0.29, 0.717) is 5.75 Å². The lowest BCUT2D eigenvalue weighted by Gasteiger charge is -2.39. The quantitative estimate of drug-likeness (QED) is 0.740. The van der Waals surface area contributed by atoms with Crippen LogP contribution in [0.5, 0.6) is 11.5 Å². The highest BCUT2D eigenvalue weighted by Gasteiger charge is 2.33. The van der Waals surface area contributed by atoms with E-state index in [4.69, 9.17) is 4.74 Å². The monoisotopic (exact) mass is 418 g/mol. The lowest BCUT2D eigenvalue weighted by atomic mass is 9.89. The molecular formula is C17H27Cl2F3N2O2. The van der Waals surface area contributed by atoms with Gasteiger partial charge in [0.25, 0.3) is 0 Å². The number of hydrogen-bond donors (Lipinski definition) is 1. The van der Waals surface area contributed by atoms with E-state index in [1.54, 1.807) is 6.07 Å². The highest BCUT2D eigenvalue weighted by molar-refractivity contribution is 5.85. The third-order valence-corrected chi connectivity index (χ3v) is 4.48. The van der Waals surface area contributed by atoms with Crippen molar-refractivity contribution in [3.63, 3.8) is 0 Å². The average molecular weight is 419 g/mol. The predicted molar refractivity (Wildman–Crippen MR) is 101 cm³/mol. The van der Waals surface area contributed by atoms with Crippen LogP contribution in [0.3, 0.4) is 0 Å². The van der Waals surface area contributed by atoms with E-state index < -0.39 is 6.36 Å². The van der Waals surface area contributed by atoms with Crippen molar-refractivity contribution < 1.29 is 22.6 Å². The van der Waals surface area contributed by atoms with Gasteiger partial charge in [-0.3, -0.25) is 4.90 Å². The van der Waals surface area contributed by atoms with E-state index >= 15 is 0 Å². The van der Waals surface area contributed by atoms with Crippen LogP contribution in [0.1, 0.15) is 31.9 Å². The lowest BCUT2D eigenvalue weighted by Crippen LogP contribution is -2.46. The van der Waals surface area contributed by atoms with Crippen molar-refractivity contribution in [3.8, 4) is 11.5 Å². The highest BCUT2D eigenvalue weighted by atomic mass is 35.5. The molecule has 0 aliphatic carbocycles. The van der Waals surface area contributed by atoms with Gasteiger partial charge in [0.1, 0.15) is 11.5 Å². The number of alkyl halides is 3. The van der Waals surface area contributed by atoms with Crippen LogP contribution in [-0.4, -0.2) is 44.6 Å². The molecule has 0 saturated carbocycles. The topological polar surface area (TPSA) is 33.7 Å². The number of nitrogens with one attached hydrogen (secondary N) is 1. The van der Waals surface area contributed by atoms with E-state index in [-0.39, 0.29) is 42.5 Å². The molecule has 0 bridgehead atoms. The second-order valence-electron chi connectivity index (χ2n) is 6.07. The number of methoxy groups -OCH3 is 1. The average Bonchev–Trinajstić information content (AvgIpc) is 2.54. The van der Waals surface area contributed by atoms with Gasteiger partial charge in [0.15, 0.2) is 0 Å². The Bertz CT molecular complexity index is 541. The fraction of sp³-hybridized carbons (Fsp3) is 0.647. The van der Waals surface area contributed by atoms with E-state index in [9.17, 15) is 13.2 Å². The summed E-state index contributed by atoms with van der Waals surface area (Å²) in [7, 11) is 1.54. The van der Waals surface area contributed by atoms with Gasteiger partial charge in [-0.2, -0.15) is 0 Å². The standard InChI is InChI=1S/C17H25F3N2O2.2ClH/c1-4-12(2)16(22-9-7-21-8-10-22)14-11-13(24-17(18,19)20)5-6-15(14)23-3;;/h5-6,11-12,16,21H,4,7-10H2,1-3H3;2*1H/t12?,16-;;/m1../s1. The Morgan fingerprint density at radius 2 is 1.81 bits per heavy atom. The summed E-state index contributed by atoms with van der Waals surface area (Å²) in [5.74, 6) is 0.660. The Morgan fingerprint density at radius 3 is 2.31 bits per heavy atom. The van der Waals surface area contributed by atoms with Crippen molar-refractivity contribution >= 4 is 24.8 Å². The molecule has 1 fully saturated rings. The fourth-order valence-corrected chi connectivity index (χ4v) is 3.19. The van der Waals surface area contributed by atoms with E-state index in [0.717, 1.165) is 38.2 Å². The molecule has 2 rings (SSSR count). The first-order valence-electron chi connectivity index (χ1n) is 8.24. The van der Waals surface area contributed by atoms with Gasteiger partial charge in [-0.25, -0.2) is 0 Å². The highest BCUT2D eigenvalue weighted by Crippen LogP contribution is 2.39. The molecule has 1 aliphatic rings. The normalized spacial score (nSPS) is 17.5. The Kier molecular flexibility index (Phi) is 10.7. The smallest absolute Gasteiger partial charge is 0.496 e. The van der Waals surface area contributed by atoms with Gasteiger partial charge in [-0.05, 0) is 24.1 Å². The second kappa shape index (κ2) is 11.1. The van der Waals surface area contributed by atoms with Gasteiger partial charge in [0, 0.05) is 37.8 Å². The molecule has 9 heteroatoms. The summed E-state index contributed by atoms with van der Waals surface area (Å²) < 4.78 is 47.2. The molecule has 0 spiro atoms. The molecule has 0 aromatic heterocycles. The third-order valence-electron chi connectivity index (χ3n) is 4.48. The number of piperazine rings is 1. The Balaban J connectivity index is 0.00000312. The zero-order chi connectivity index (χ0) is 17.7. The Hall–Kier alpha value is -0.890. The number of rotatable bonds is 6. The first kappa shape index (κ1) is 25.1. The number of ether oxygens (including phenoxy) is 2. The fourth-order valence-electron chi connectivity index (χ4n) is 3.19. The maximum atomic E-state index is 12.6. The zero-order valence-electron chi connectivity index (χ0n) is 15.1. The minimum absolute atomic E-state index is 0. The molecule has 1 N–H and O–H groups in total. The third kappa shape index (κ3) is 6.68. The van der Waals surface area contributed by atoms with Crippen LogP contribution in [-0.2, 0) is 0 Å². The summed E-state index contributed by atoms with van der Waals surface area (Å²) >= 11 is 0. The maximum Gasteiger partial charge on any atom is 0.573 e.